The molecule has 20 heavy (non-hydrogen) atoms. The fraction of sp³-hybridized carbons (Fsp3) is 0.857. The van der Waals surface area contributed by atoms with Crippen LogP contribution in [0.15, 0.2) is 5.16 Å². The number of nitrogens with two attached hydrogens (primary N) is 1. The van der Waals surface area contributed by atoms with E-state index >= 15 is 0 Å². The highest BCUT2D eigenvalue weighted by Crippen LogP contribution is 2.33. The van der Waals surface area contributed by atoms with Crippen LogP contribution < -0.4 is 5.73 Å². The standard InChI is InChI=1S/C14H27N3O3/c1-4-20-12-7-11(8-12)9-14(18)17(10(2)3)6-5-13(15)16-19/h10-12,19H,4-9H2,1-3H3,(H2,15,16). The zero-order valence-electron chi connectivity index (χ0n) is 12.7. The summed E-state index contributed by atoms with van der Waals surface area (Å²) < 4.78 is 5.51. The minimum Gasteiger partial charge on any atom is -0.409 e. The minimum atomic E-state index is 0.122. The van der Waals surface area contributed by atoms with Gasteiger partial charge in [-0.1, -0.05) is 5.16 Å². The predicted octanol–water partition coefficient (Wildman–Crippen LogP) is 1.57. The first-order valence-corrected chi connectivity index (χ1v) is 7.35. The summed E-state index contributed by atoms with van der Waals surface area (Å²) >= 11 is 0. The molecule has 3 N–H and O–H groups in total. The van der Waals surface area contributed by atoms with Crippen molar-refractivity contribution in [2.24, 2.45) is 16.8 Å². The molecular weight excluding hydrogens is 258 g/mol. The minimum absolute atomic E-state index is 0.122. The van der Waals surface area contributed by atoms with Gasteiger partial charge in [0.05, 0.1) is 6.10 Å². The topological polar surface area (TPSA) is 88.2 Å². The molecule has 1 saturated carbocycles. The Hall–Kier alpha value is -1.30. The van der Waals surface area contributed by atoms with Gasteiger partial charge in [-0.2, -0.15) is 0 Å². The molecule has 1 amide bonds. The fourth-order valence-electron chi connectivity index (χ4n) is 2.53. The summed E-state index contributed by atoms with van der Waals surface area (Å²) in [5.74, 6) is 0.735. The maximum atomic E-state index is 12.3. The normalized spacial score (nSPS) is 22.7. The molecule has 0 unspecified atom stereocenters. The average Bonchev–Trinajstić information content (AvgIpc) is 2.35. The molecule has 0 radical (unpaired) electrons. The Balaban J connectivity index is 2.37. The highest BCUT2D eigenvalue weighted by Gasteiger charge is 2.32. The molecule has 0 atom stereocenters. The van der Waals surface area contributed by atoms with Gasteiger partial charge in [0.25, 0.3) is 0 Å². The molecule has 0 aromatic rings. The van der Waals surface area contributed by atoms with Gasteiger partial charge < -0.3 is 20.6 Å². The van der Waals surface area contributed by atoms with E-state index in [-0.39, 0.29) is 17.8 Å². The summed E-state index contributed by atoms with van der Waals surface area (Å²) in [5, 5.41) is 11.5. The highest BCUT2D eigenvalue weighted by molar-refractivity contribution is 5.81. The summed E-state index contributed by atoms with van der Waals surface area (Å²) in [7, 11) is 0. The van der Waals surface area contributed by atoms with E-state index in [2.05, 4.69) is 5.16 Å². The number of oxime groups is 1. The largest absolute Gasteiger partial charge is 0.409 e. The maximum Gasteiger partial charge on any atom is 0.223 e. The predicted molar refractivity (Wildman–Crippen MR) is 77.6 cm³/mol. The number of ether oxygens (including phenoxy) is 1. The van der Waals surface area contributed by atoms with Crippen molar-refractivity contribution in [3.05, 3.63) is 0 Å². The Morgan fingerprint density at radius 1 is 1.50 bits per heavy atom. The van der Waals surface area contributed by atoms with Gasteiger partial charge >= 0.3 is 0 Å². The second-order valence-corrected chi connectivity index (χ2v) is 5.64. The Morgan fingerprint density at radius 2 is 2.15 bits per heavy atom. The lowest BCUT2D eigenvalue weighted by atomic mass is 9.79. The quantitative estimate of drug-likeness (QED) is 0.306. The van der Waals surface area contributed by atoms with Gasteiger partial charge in [0.15, 0.2) is 0 Å². The molecular formula is C14H27N3O3. The highest BCUT2D eigenvalue weighted by atomic mass is 16.5. The molecule has 1 aliphatic rings. The van der Waals surface area contributed by atoms with Gasteiger partial charge in [0, 0.05) is 32.0 Å². The second-order valence-electron chi connectivity index (χ2n) is 5.64. The monoisotopic (exact) mass is 285 g/mol. The molecule has 116 valence electrons. The Labute approximate surface area is 120 Å². The molecule has 0 saturated heterocycles. The van der Waals surface area contributed by atoms with Crippen LogP contribution in [-0.2, 0) is 9.53 Å². The van der Waals surface area contributed by atoms with E-state index in [4.69, 9.17) is 15.7 Å². The van der Waals surface area contributed by atoms with Crippen LogP contribution in [0.2, 0.25) is 0 Å². The van der Waals surface area contributed by atoms with E-state index in [0.717, 1.165) is 19.4 Å². The van der Waals surface area contributed by atoms with Crippen LogP contribution in [0.25, 0.3) is 0 Å². The first-order chi connectivity index (χ1) is 9.47. The lowest BCUT2D eigenvalue weighted by Gasteiger charge is -2.36. The lowest BCUT2D eigenvalue weighted by molar-refractivity contribution is -0.136. The second kappa shape index (κ2) is 8.09. The number of rotatable bonds is 8. The number of hydrogen-bond donors (Lipinski definition) is 2. The Kier molecular flexibility index (Phi) is 6.78. The number of hydrogen-bond acceptors (Lipinski definition) is 4. The van der Waals surface area contributed by atoms with Crippen LogP contribution in [0, 0.1) is 5.92 Å². The first kappa shape index (κ1) is 16.8. The van der Waals surface area contributed by atoms with E-state index in [9.17, 15) is 4.79 Å². The zero-order valence-corrected chi connectivity index (χ0v) is 12.7. The third-order valence-electron chi connectivity index (χ3n) is 3.74. The first-order valence-electron chi connectivity index (χ1n) is 7.35. The molecule has 0 bridgehead atoms. The summed E-state index contributed by atoms with van der Waals surface area (Å²) in [6.07, 6.45) is 3.25. The molecule has 6 heteroatoms. The van der Waals surface area contributed by atoms with Crippen molar-refractivity contribution in [1.29, 1.82) is 0 Å². The molecule has 1 fully saturated rings. The van der Waals surface area contributed by atoms with Crippen LogP contribution in [0.3, 0.4) is 0 Å². The average molecular weight is 285 g/mol. The van der Waals surface area contributed by atoms with Crippen molar-refractivity contribution in [3.8, 4) is 0 Å². The Bertz CT molecular complexity index is 339. The van der Waals surface area contributed by atoms with E-state index in [1.54, 1.807) is 4.90 Å². The van der Waals surface area contributed by atoms with Crippen molar-refractivity contribution >= 4 is 11.7 Å². The SMILES string of the molecule is CCOC1CC(CC(=O)N(CCC(N)=NO)C(C)C)C1. The number of carbonyl (C=O) groups is 1. The fourth-order valence-corrected chi connectivity index (χ4v) is 2.53. The number of amides is 1. The van der Waals surface area contributed by atoms with Crippen molar-refractivity contribution in [3.63, 3.8) is 0 Å². The van der Waals surface area contributed by atoms with E-state index < -0.39 is 0 Å². The van der Waals surface area contributed by atoms with Crippen LogP contribution in [0.1, 0.15) is 46.5 Å². The zero-order chi connectivity index (χ0) is 15.1. The molecule has 0 heterocycles. The molecule has 1 aliphatic carbocycles. The van der Waals surface area contributed by atoms with E-state index in [1.165, 1.54) is 0 Å². The molecule has 0 aromatic carbocycles. The van der Waals surface area contributed by atoms with Crippen molar-refractivity contribution in [1.82, 2.24) is 4.90 Å². The summed E-state index contributed by atoms with van der Waals surface area (Å²) in [6.45, 7) is 7.19. The Morgan fingerprint density at radius 3 is 2.65 bits per heavy atom. The molecule has 0 spiro atoms. The van der Waals surface area contributed by atoms with E-state index in [1.807, 2.05) is 20.8 Å². The number of amidine groups is 1. The summed E-state index contributed by atoms with van der Waals surface area (Å²) in [4.78, 5) is 14.1. The molecule has 6 nitrogen and oxygen atoms in total. The van der Waals surface area contributed by atoms with Gasteiger partial charge in [-0.3, -0.25) is 4.79 Å². The smallest absolute Gasteiger partial charge is 0.223 e. The van der Waals surface area contributed by atoms with Gasteiger partial charge in [0.2, 0.25) is 5.91 Å². The van der Waals surface area contributed by atoms with E-state index in [0.29, 0.717) is 31.4 Å². The summed E-state index contributed by atoms with van der Waals surface area (Å²) in [6, 6.07) is 0.122. The van der Waals surface area contributed by atoms with Gasteiger partial charge in [-0.25, -0.2) is 0 Å². The third kappa shape index (κ3) is 5.00. The van der Waals surface area contributed by atoms with Crippen LogP contribution in [0.5, 0.6) is 0 Å². The van der Waals surface area contributed by atoms with Crippen molar-refractivity contribution < 1.29 is 14.7 Å². The lowest BCUT2D eigenvalue weighted by Crippen LogP contribution is -2.42. The third-order valence-corrected chi connectivity index (χ3v) is 3.74. The van der Waals surface area contributed by atoms with Crippen LogP contribution >= 0.6 is 0 Å². The van der Waals surface area contributed by atoms with Gasteiger partial charge in [-0.05, 0) is 39.5 Å². The summed E-state index contributed by atoms with van der Waals surface area (Å²) in [5.41, 5.74) is 5.46. The van der Waals surface area contributed by atoms with Gasteiger partial charge in [-0.15, -0.1) is 0 Å². The molecule has 0 aromatic heterocycles. The molecule has 0 aliphatic heterocycles. The number of nitrogens with zero attached hydrogens (tertiary/aromatic N) is 2. The maximum absolute atomic E-state index is 12.3. The van der Waals surface area contributed by atoms with Crippen molar-refractivity contribution in [2.75, 3.05) is 13.2 Å². The number of carbonyl (C=O) groups excluding carboxylic acids is 1. The van der Waals surface area contributed by atoms with Gasteiger partial charge in [0.1, 0.15) is 5.84 Å². The van der Waals surface area contributed by atoms with Crippen LogP contribution in [0.4, 0.5) is 0 Å². The van der Waals surface area contributed by atoms with Crippen LogP contribution in [-0.4, -0.2) is 47.1 Å². The molecule has 1 rings (SSSR count). The van der Waals surface area contributed by atoms with Crippen molar-refractivity contribution in [2.45, 2.75) is 58.6 Å².